The molecule has 1 fully saturated rings. The van der Waals surface area contributed by atoms with Gasteiger partial charge in [0.05, 0.1) is 12.3 Å². The van der Waals surface area contributed by atoms with Gasteiger partial charge in [-0.1, -0.05) is 37.3 Å². The first-order chi connectivity index (χ1) is 9.08. The quantitative estimate of drug-likeness (QED) is 0.851. The van der Waals surface area contributed by atoms with Gasteiger partial charge in [0.25, 0.3) is 0 Å². The summed E-state index contributed by atoms with van der Waals surface area (Å²) in [6.07, 6.45) is 2.34. The number of nitrogens with zero attached hydrogens (tertiary/aromatic N) is 1. The summed E-state index contributed by atoms with van der Waals surface area (Å²) in [6, 6.07) is 9.82. The molecule has 1 atom stereocenters. The van der Waals surface area contributed by atoms with E-state index in [0.29, 0.717) is 13.0 Å². The van der Waals surface area contributed by atoms with E-state index < -0.39 is 11.9 Å². The molecule has 1 aromatic rings. The fraction of sp³-hybridized carbons (Fsp3) is 0.467. The van der Waals surface area contributed by atoms with E-state index in [1.165, 1.54) is 0 Å². The highest BCUT2D eigenvalue weighted by atomic mass is 16.4. The Bertz CT molecular complexity index is 454. The maximum atomic E-state index is 12.3. The molecular formula is C15H19NO3. The summed E-state index contributed by atoms with van der Waals surface area (Å²) < 4.78 is 0. The van der Waals surface area contributed by atoms with Crippen LogP contribution in [0.25, 0.3) is 0 Å². The van der Waals surface area contributed by atoms with Crippen molar-refractivity contribution in [2.75, 3.05) is 6.54 Å². The van der Waals surface area contributed by atoms with Crippen molar-refractivity contribution in [3.63, 3.8) is 0 Å². The second-order valence-corrected chi connectivity index (χ2v) is 5.18. The third-order valence-corrected chi connectivity index (χ3v) is 3.40. The van der Waals surface area contributed by atoms with Crippen LogP contribution in [0.2, 0.25) is 0 Å². The smallest absolute Gasteiger partial charge is 0.308 e. The predicted molar refractivity (Wildman–Crippen MR) is 71.7 cm³/mol. The SMILES string of the molecule is CC(CN(C(=O)Cc1ccccc1)C1CC1)C(=O)O. The van der Waals surface area contributed by atoms with Gasteiger partial charge in [0.1, 0.15) is 0 Å². The lowest BCUT2D eigenvalue weighted by atomic mass is 10.1. The first-order valence-corrected chi connectivity index (χ1v) is 6.64. The molecule has 4 nitrogen and oxygen atoms in total. The molecule has 4 heteroatoms. The number of carboxylic acids is 1. The minimum Gasteiger partial charge on any atom is -0.481 e. The predicted octanol–water partition coefficient (Wildman–Crippen LogP) is 1.94. The third kappa shape index (κ3) is 3.81. The summed E-state index contributed by atoms with van der Waals surface area (Å²) in [5.41, 5.74) is 0.973. The van der Waals surface area contributed by atoms with Crippen molar-refractivity contribution < 1.29 is 14.7 Å². The average Bonchev–Trinajstić information content (AvgIpc) is 3.20. The number of carbonyl (C=O) groups excluding carboxylic acids is 1. The van der Waals surface area contributed by atoms with E-state index in [1.54, 1.807) is 11.8 Å². The number of aliphatic carboxylic acids is 1. The fourth-order valence-electron chi connectivity index (χ4n) is 2.09. The fourth-order valence-corrected chi connectivity index (χ4v) is 2.09. The zero-order valence-corrected chi connectivity index (χ0v) is 11.1. The standard InChI is InChI=1S/C15H19NO3/c1-11(15(18)19)10-16(13-7-8-13)14(17)9-12-5-3-2-4-6-12/h2-6,11,13H,7-10H2,1H3,(H,18,19). The van der Waals surface area contributed by atoms with Gasteiger partial charge in [0, 0.05) is 12.6 Å². The molecule has 102 valence electrons. The molecule has 1 aliphatic rings. The van der Waals surface area contributed by atoms with Gasteiger partial charge in [0.2, 0.25) is 5.91 Å². The molecule has 0 heterocycles. The summed E-state index contributed by atoms with van der Waals surface area (Å²) in [5.74, 6) is -1.33. The normalized spacial score (nSPS) is 15.8. The van der Waals surface area contributed by atoms with Crippen LogP contribution in [0.5, 0.6) is 0 Å². The molecule has 1 N–H and O–H groups in total. The summed E-state index contributed by atoms with van der Waals surface area (Å²) in [6.45, 7) is 1.96. The van der Waals surface area contributed by atoms with Gasteiger partial charge in [-0.25, -0.2) is 0 Å². The topological polar surface area (TPSA) is 57.6 Å². The summed E-state index contributed by atoms with van der Waals surface area (Å²) >= 11 is 0. The van der Waals surface area contributed by atoms with Crippen LogP contribution in [0.4, 0.5) is 0 Å². The van der Waals surface area contributed by atoms with E-state index in [4.69, 9.17) is 5.11 Å². The summed E-state index contributed by atoms with van der Waals surface area (Å²) in [5, 5.41) is 8.97. The number of hydrogen-bond donors (Lipinski definition) is 1. The van der Waals surface area contributed by atoms with E-state index >= 15 is 0 Å². The van der Waals surface area contributed by atoms with Crippen molar-refractivity contribution in [3.8, 4) is 0 Å². The van der Waals surface area contributed by atoms with Crippen LogP contribution in [-0.2, 0) is 16.0 Å². The van der Waals surface area contributed by atoms with Crippen LogP contribution in [-0.4, -0.2) is 34.5 Å². The van der Waals surface area contributed by atoms with Gasteiger partial charge in [0.15, 0.2) is 0 Å². The molecule has 1 amide bonds. The van der Waals surface area contributed by atoms with Gasteiger partial charge >= 0.3 is 5.97 Å². The molecule has 1 aliphatic carbocycles. The molecule has 1 saturated carbocycles. The highest BCUT2D eigenvalue weighted by molar-refractivity contribution is 5.80. The minimum atomic E-state index is -0.849. The summed E-state index contributed by atoms with van der Waals surface area (Å²) in [7, 11) is 0. The number of carbonyl (C=O) groups is 2. The largest absolute Gasteiger partial charge is 0.481 e. The first-order valence-electron chi connectivity index (χ1n) is 6.64. The van der Waals surface area contributed by atoms with E-state index in [9.17, 15) is 9.59 Å². The van der Waals surface area contributed by atoms with Crippen LogP contribution in [0.1, 0.15) is 25.3 Å². The van der Waals surface area contributed by atoms with Crippen molar-refractivity contribution in [2.45, 2.75) is 32.2 Å². The van der Waals surface area contributed by atoms with Gasteiger partial charge in [-0.15, -0.1) is 0 Å². The minimum absolute atomic E-state index is 0.0294. The Morgan fingerprint density at radius 3 is 2.47 bits per heavy atom. The second-order valence-electron chi connectivity index (χ2n) is 5.18. The maximum absolute atomic E-state index is 12.3. The van der Waals surface area contributed by atoms with Crippen LogP contribution < -0.4 is 0 Å². The lowest BCUT2D eigenvalue weighted by molar-refractivity contribution is -0.143. The van der Waals surface area contributed by atoms with Gasteiger partial charge in [-0.2, -0.15) is 0 Å². The highest BCUT2D eigenvalue weighted by Gasteiger charge is 2.34. The molecule has 0 bridgehead atoms. The van der Waals surface area contributed by atoms with Crippen LogP contribution in [0, 0.1) is 5.92 Å². The Labute approximate surface area is 113 Å². The van der Waals surface area contributed by atoms with Crippen LogP contribution in [0.3, 0.4) is 0 Å². The van der Waals surface area contributed by atoms with Crippen molar-refractivity contribution in [1.29, 1.82) is 0 Å². The molecule has 0 saturated heterocycles. The van der Waals surface area contributed by atoms with Gasteiger partial charge < -0.3 is 10.0 Å². The number of rotatable bonds is 6. The molecule has 0 aliphatic heterocycles. The Hall–Kier alpha value is -1.84. The maximum Gasteiger partial charge on any atom is 0.308 e. The molecule has 19 heavy (non-hydrogen) atoms. The highest BCUT2D eigenvalue weighted by Crippen LogP contribution is 2.28. The van der Waals surface area contributed by atoms with E-state index in [2.05, 4.69) is 0 Å². The lowest BCUT2D eigenvalue weighted by Crippen LogP contribution is -2.39. The second kappa shape index (κ2) is 5.87. The first kappa shape index (κ1) is 13.6. The van der Waals surface area contributed by atoms with Crippen molar-refractivity contribution >= 4 is 11.9 Å². The zero-order chi connectivity index (χ0) is 13.8. The Kier molecular flexibility index (Phi) is 4.20. The van der Waals surface area contributed by atoms with E-state index in [1.807, 2.05) is 30.3 Å². The number of amides is 1. The average molecular weight is 261 g/mol. The van der Waals surface area contributed by atoms with E-state index in [-0.39, 0.29) is 11.9 Å². The Balaban J connectivity index is 1.99. The molecule has 1 unspecified atom stereocenters. The molecule has 0 radical (unpaired) electrons. The number of benzene rings is 1. The number of carboxylic acid groups (broad SMARTS) is 1. The molecule has 2 rings (SSSR count). The molecule has 1 aromatic carbocycles. The van der Waals surface area contributed by atoms with Crippen molar-refractivity contribution in [2.24, 2.45) is 5.92 Å². The zero-order valence-electron chi connectivity index (χ0n) is 11.1. The van der Waals surface area contributed by atoms with Crippen LogP contribution in [0.15, 0.2) is 30.3 Å². The lowest BCUT2D eigenvalue weighted by Gasteiger charge is -2.24. The molecule has 0 spiro atoms. The number of hydrogen-bond acceptors (Lipinski definition) is 2. The third-order valence-electron chi connectivity index (χ3n) is 3.40. The van der Waals surface area contributed by atoms with Crippen molar-refractivity contribution in [1.82, 2.24) is 4.90 Å². The van der Waals surface area contributed by atoms with Crippen molar-refractivity contribution in [3.05, 3.63) is 35.9 Å². The van der Waals surface area contributed by atoms with E-state index in [0.717, 1.165) is 18.4 Å². The van der Waals surface area contributed by atoms with Crippen LogP contribution >= 0.6 is 0 Å². The Morgan fingerprint density at radius 2 is 1.95 bits per heavy atom. The summed E-state index contributed by atoms with van der Waals surface area (Å²) in [4.78, 5) is 24.9. The van der Waals surface area contributed by atoms with Gasteiger partial charge in [-0.3, -0.25) is 9.59 Å². The molecular weight excluding hydrogens is 242 g/mol. The van der Waals surface area contributed by atoms with Gasteiger partial charge in [-0.05, 0) is 18.4 Å². The monoisotopic (exact) mass is 261 g/mol. The molecule has 0 aromatic heterocycles. The Morgan fingerprint density at radius 1 is 1.32 bits per heavy atom.